The number of aromatic nitrogens is 2. The highest BCUT2D eigenvalue weighted by atomic mass is 16.2. The Morgan fingerprint density at radius 1 is 0.886 bits per heavy atom. The van der Waals surface area contributed by atoms with Crippen molar-refractivity contribution in [1.29, 1.82) is 0 Å². The summed E-state index contributed by atoms with van der Waals surface area (Å²) in [6.07, 6.45) is 1.67. The van der Waals surface area contributed by atoms with Crippen LogP contribution < -0.4 is 5.32 Å². The molecule has 0 saturated heterocycles. The summed E-state index contributed by atoms with van der Waals surface area (Å²) in [4.78, 5) is 27.8. The molecular weight excluding hydrogens is 436 g/mol. The predicted molar refractivity (Wildman–Crippen MR) is 140 cm³/mol. The number of rotatable bonds is 9. The van der Waals surface area contributed by atoms with Crippen LogP contribution in [0.25, 0.3) is 16.9 Å². The molecule has 3 aromatic carbocycles. The Bertz CT molecular complexity index is 1270. The van der Waals surface area contributed by atoms with Gasteiger partial charge >= 0.3 is 0 Å². The van der Waals surface area contributed by atoms with E-state index < -0.39 is 0 Å². The van der Waals surface area contributed by atoms with Crippen molar-refractivity contribution in [3.8, 4) is 16.9 Å². The highest BCUT2D eigenvalue weighted by molar-refractivity contribution is 5.99. The van der Waals surface area contributed by atoms with Crippen LogP contribution in [0.3, 0.4) is 0 Å². The number of para-hydroxylation sites is 1. The monoisotopic (exact) mass is 466 g/mol. The van der Waals surface area contributed by atoms with Gasteiger partial charge in [-0.1, -0.05) is 74.5 Å². The first-order chi connectivity index (χ1) is 17.1. The van der Waals surface area contributed by atoms with E-state index >= 15 is 0 Å². The normalized spacial score (nSPS) is 10.7. The first-order valence-corrected chi connectivity index (χ1v) is 12.0. The maximum Gasteiger partial charge on any atom is 0.254 e. The van der Waals surface area contributed by atoms with Gasteiger partial charge in [0.15, 0.2) is 0 Å². The minimum Gasteiger partial charge on any atom is -0.329 e. The van der Waals surface area contributed by atoms with Crippen LogP contribution in [0.2, 0.25) is 0 Å². The number of amides is 2. The van der Waals surface area contributed by atoms with Crippen molar-refractivity contribution in [1.82, 2.24) is 14.7 Å². The fraction of sp³-hybridized carbons (Fsp3) is 0.207. The third-order valence-electron chi connectivity index (χ3n) is 5.77. The molecule has 35 heavy (non-hydrogen) atoms. The Kier molecular flexibility index (Phi) is 7.73. The summed E-state index contributed by atoms with van der Waals surface area (Å²) in [5.74, 6) is 0.135. The Hall–Kier alpha value is -4.19. The fourth-order valence-electron chi connectivity index (χ4n) is 3.93. The Morgan fingerprint density at radius 2 is 1.54 bits per heavy atom. The van der Waals surface area contributed by atoms with E-state index in [-0.39, 0.29) is 18.4 Å². The Balaban J connectivity index is 1.56. The summed E-state index contributed by atoms with van der Waals surface area (Å²) in [7, 11) is 0. The van der Waals surface area contributed by atoms with Crippen LogP contribution in [0.4, 0.5) is 5.82 Å². The second-order valence-corrected chi connectivity index (χ2v) is 8.35. The van der Waals surface area contributed by atoms with Gasteiger partial charge < -0.3 is 10.2 Å². The van der Waals surface area contributed by atoms with E-state index in [0.717, 1.165) is 29.8 Å². The van der Waals surface area contributed by atoms with Gasteiger partial charge in [0.2, 0.25) is 5.91 Å². The molecule has 0 spiro atoms. The molecular formula is C29H30N4O2. The summed E-state index contributed by atoms with van der Waals surface area (Å²) in [6, 6.07) is 28.9. The van der Waals surface area contributed by atoms with Crippen molar-refractivity contribution in [3.05, 3.63) is 102 Å². The third kappa shape index (κ3) is 5.84. The van der Waals surface area contributed by atoms with Gasteiger partial charge in [-0.15, -0.1) is 0 Å². The van der Waals surface area contributed by atoms with Crippen molar-refractivity contribution in [2.75, 3.05) is 18.4 Å². The van der Waals surface area contributed by atoms with Crippen LogP contribution in [0.1, 0.15) is 36.2 Å². The van der Waals surface area contributed by atoms with Crippen LogP contribution in [0.15, 0.2) is 91.0 Å². The van der Waals surface area contributed by atoms with Crippen molar-refractivity contribution >= 4 is 17.6 Å². The van der Waals surface area contributed by atoms with E-state index in [1.807, 2.05) is 97.9 Å². The van der Waals surface area contributed by atoms with Gasteiger partial charge in [0.05, 0.1) is 11.4 Å². The standard InChI is InChI=1S/C29H30N4O2/c1-3-19-32(29(35)24-17-15-22(4-2)16-18-24)21-28(34)30-27-20-26(23-11-7-5-8-12-23)31-33(27)25-13-9-6-10-14-25/h5-18,20H,3-4,19,21H2,1-2H3,(H,30,34). The lowest BCUT2D eigenvalue weighted by molar-refractivity contribution is -0.116. The molecule has 0 unspecified atom stereocenters. The molecule has 0 fully saturated rings. The van der Waals surface area contributed by atoms with Gasteiger partial charge in [-0.05, 0) is 42.7 Å². The average molecular weight is 467 g/mol. The molecule has 0 radical (unpaired) electrons. The molecule has 1 N–H and O–H groups in total. The van der Waals surface area contributed by atoms with E-state index in [1.54, 1.807) is 9.58 Å². The SMILES string of the molecule is CCCN(CC(=O)Nc1cc(-c2ccccc2)nn1-c1ccccc1)C(=O)c1ccc(CC)cc1. The van der Waals surface area contributed by atoms with Crippen molar-refractivity contribution in [2.45, 2.75) is 26.7 Å². The first-order valence-electron chi connectivity index (χ1n) is 12.0. The minimum absolute atomic E-state index is 0.0388. The topological polar surface area (TPSA) is 67.2 Å². The lowest BCUT2D eigenvalue weighted by Crippen LogP contribution is -2.38. The molecule has 0 saturated carbocycles. The predicted octanol–water partition coefficient (Wildman–Crippen LogP) is 5.59. The highest BCUT2D eigenvalue weighted by Crippen LogP contribution is 2.24. The van der Waals surface area contributed by atoms with E-state index in [4.69, 9.17) is 5.10 Å². The molecule has 1 aromatic heterocycles. The van der Waals surface area contributed by atoms with Crippen LogP contribution in [0, 0.1) is 0 Å². The fourth-order valence-corrected chi connectivity index (χ4v) is 3.93. The second kappa shape index (κ2) is 11.3. The highest BCUT2D eigenvalue weighted by Gasteiger charge is 2.20. The van der Waals surface area contributed by atoms with Crippen LogP contribution in [-0.2, 0) is 11.2 Å². The Morgan fingerprint density at radius 3 is 2.17 bits per heavy atom. The van der Waals surface area contributed by atoms with Crippen molar-refractivity contribution in [3.63, 3.8) is 0 Å². The van der Waals surface area contributed by atoms with Crippen molar-refractivity contribution in [2.24, 2.45) is 0 Å². The largest absolute Gasteiger partial charge is 0.329 e. The summed E-state index contributed by atoms with van der Waals surface area (Å²) in [5.41, 5.74) is 4.30. The van der Waals surface area contributed by atoms with Crippen LogP contribution in [-0.4, -0.2) is 39.6 Å². The smallest absolute Gasteiger partial charge is 0.254 e. The van der Waals surface area contributed by atoms with Crippen LogP contribution in [0.5, 0.6) is 0 Å². The van der Waals surface area contributed by atoms with Gasteiger partial charge in [0.25, 0.3) is 5.91 Å². The van der Waals surface area contributed by atoms with Gasteiger partial charge in [-0.2, -0.15) is 5.10 Å². The average Bonchev–Trinajstić information content (AvgIpc) is 3.32. The number of carbonyl (C=O) groups excluding carboxylic acids is 2. The molecule has 0 bridgehead atoms. The number of carbonyl (C=O) groups is 2. The minimum atomic E-state index is -0.270. The van der Waals surface area contributed by atoms with Gasteiger partial charge in [0, 0.05) is 23.7 Å². The van der Waals surface area contributed by atoms with E-state index in [0.29, 0.717) is 17.9 Å². The molecule has 4 aromatic rings. The molecule has 0 aliphatic heterocycles. The molecule has 4 rings (SSSR count). The number of nitrogens with zero attached hydrogens (tertiary/aromatic N) is 3. The number of aryl methyl sites for hydroxylation is 1. The summed E-state index contributed by atoms with van der Waals surface area (Å²) in [5, 5.41) is 7.72. The molecule has 0 aliphatic carbocycles. The quantitative estimate of drug-likeness (QED) is 0.350. The summed E-state index contributed by atoms with van der Waals surface area (Å²) in [6.45, 7) is 4.53. The van der Waals surface area contributed by atoms with E-state index in [1.165, 1.54) is 5.56 Å². The molecule has 6 nitrogen and oxygen atoms in total. The molecule has 0 aliphatic rings. The summed E-state index contributed by atoms with van der Waals surface area (Å²) >= 11 is 0. The zero-order chi connectivity index (χ0) is 24.6. The maximum atomic E-state index is 13.1. The number of anilines is 1. The lowest BCUT2D eigenvalue weighted by Gasteiger charge is -2.22. The third-order valence-corrected chi connectivity index (χ3v) is 5.77. The lowest BCUT2D eigenvalue weighted by atomic mass is 10.1. The number of nitrogens with one attached hydrogen (secondary N) is 1. The van der Waals surface area contributed by atoms with Crippen LogP contribution >= 0.6 is 0 Å². The summed E-state index contributed by atoms with van der Waals surface area (Å²) < 4.78 is 1.72. The zero-order valence-corrected chi connectivity index (χ0v) is 20.1. The number of hydrogen-bond acceptors (Lipinski definition) is 3. The zero-order valence-electron chi connectivity index (χ0n) is 20.1. The molecule has 178 valence electrons. The Labute approximate surface area is 206 Å². The van der Waals surface area contributed by atoms with Gasteiger partial charge in [0.1, 0.15) is 12.4 Å². The van der Waals surface area contributed by atoms with Gasteiger partial charge in [-0.25, -0.2) is 4.68 Å². The maximum absolute atomic E-state index is 13.1. The second-order valence-electron chi connectivity index (χ2n) is 8.35. The first kappa shape index (κ1) is 24.0. The number of benzene rings is 3. The van der Waals surface area contributed by atoms with E-state index in [2.05, 4.69) is 12.2 Å². The molecule has 6 heteroatoms. The number of hydrogen-bond donors (Lipinski definition) is 1. The molecule has 1 heterocycles. The van der Waals surface area contributed by atoms with E-state index in [9.17, 15) is 9.59 Å². The van der Waals surface area contributed by atoms with Gasteiger partial charge in [-0.3, -0.25) is 9.59 Å². The molecule has 2 amide bonds. The molecule has 0 atom stereocenters. The van der Waals surface area contributed by atoms with Crippen molar-refractivity contribution < 1.29 is 9.59 Å².